The number of anilines is 1. The lowest BCUT2D eigenvalue weighted by Gasteiger charge is -2.06. The first-order valence-electron chi connectivity index (χ1n) is 8.15. The van der Waals surface area contributed by atoms with Crippen molar-refractivity contribution in [3.05, 3.63) is 29.8 Å². The fraction of sp³-hybridized carbons (Fsp3) is 0.611. The topological polar surface area (TPSA) is 29.1 Å². The van der Waals surface area contributed by atoms with Gasteiger partial charge in [0.05, 0.1) is 0 Å². The van der Waals surface area contributed by atoms with Gasteiger partial charge in [-0.1, -0.05) is 64.5 Å². The minimum Gasteiger partial charge on any atom is -0.326 e. The van der Waals surface area contributed by atoms with E-state index in [0.717, 1.165) is 18.5 Å². The average molecular weight is 275 g/mol. The molecule has 20 heavy (non-hydrogen) atoms. The minimum absolute atomic E-state index is 0.145. The van der Waals surface area contributed by atoms with Crippen LogP contribution in [0, 0.1) is 0 Å². The molecule has 0 bridgehead atoms. The van der Waals surface area contributed by atoms with Crippen LogP contribution >= 0.6 is 0 Å². The predicted octanol–water partition coefficient (Wildman–Crippen LogP) is 5.33. The van der Waals surface area contributed by atoms with Gasteiger partial charge >= 0.3 is 0 Å². The number of hydrogen-bond acceptors (Lipinski definition) is 1. The molecule has 1 rings (SSSR count). The summed E-state index contributed by atoms with van der Waals surface area (Å²) < 4.78 is 0. The summed E-state index contributed by atoms with van der Waals surface area (Å²) in [6.07, 6.45) is 10.4. The number of aryl methyl sites for hydroxylation is 1. The molecule has 0 aliphatic heterocycles. The zero-order chi connectivity index (χ0) is 14.6. The first-order chi connectivity index (χ1) is 9.76. The van der Waals surface area contributed by atoms with Crippen LogP contribution in [0.3, 0.4) is 0 Å². The molecule has 0 saturated heterocycles. The lowest BCUT2D eigenvalue weighted by Crippen LogP contribution is -2.11. The first kappa shape index (κ1) is 16.7. The normalized spacial score (nSPS) is 10.5. The highest BCUT2D eigenvalue weighted by molar-refractivity contribution is 5.90. The third kappa shape index (κ3) is 7.32. The summed E-state index contributed by atoms with van der Waals surface area (Å²) in [5, 5.41) is 2.99. The third-order valence-electron chi connectivity index (χ3n) is 3.63. The smallest absolute Gasteiger partial charge is 0.224 e. The second kappa shape index (κ2) is 10.5. The number of rotatable bonds is 10. The molecule has 0 saturated carbocycles. The van der Waals surface area contributed by atoms with Gasteiger partial charge in [-0.2, -0.15) is 0 Å². The number of hydrogen-bond donors (Lipinski definition) is 1. The van der Waals surface area contributed by atoms with Crippen LogP contribution in [0.25, 0.3) is 0 Å². The Morgan fingerprint density at radius 1 is 1.00 bits per heavy atom. The second-order valence-corrected chi connectivity index (χ2v) is 5.47. The zero-order valence-electron chi connectivity index (χ0n) is 13.1. The van der Waals surface area contributed by atoms with Crippen molar-refractivity contribution in [2.75, 3.05) is 5.32 Å². The molecule has 0 fully saturated rings. The van der Waals surface area contributed by atoms with Gasteiger partial charge in [-0.15, -0.1) is 0 Å². The van der Waals surface area contributed by atoms with E-state index in [0.29, 0.717) is 6.42 Å². The molecule has 2 heteroatoms. The van der Waals surface area contributed by atoms with Gasteiger partial charge < -0.3 is 5.32 Å². The molecule has 1 amide bonds. The second-order valence-electron chi connectivity index (χ2n) is 5.47. The van der Waals surface area contributed by atoms with E-state index in [9.17, 15) is 4.79 Å². The van der Waals surface area contributed by atoms with Gasteiger partial charge in [-0.25, -0.2) is 0 Å². The van der Waals surface area contributed by atoms with E-state index in [1.807, 2.05) is 12.1 Å². The van der Waals surface area contributed by atoms with E-state index in [1.54, 1.807) is 0 Å². The fourth-order valence-electron chi connectivity index (χ4n) is 2.34. The summed E-state index contributed by atoms with van der Waals surface area (Å²) in [7, 11) is 0. The first-order valence-corrected chi connectivity index (χ1v) is 8.15. The van der Waals surface area contributed by atoms with Gasteiger partial charge in [-0.3, -0.25) is 4.79 Å². The quantitative estimate of drug-likeness (QED) is 0.575. The molecular weight excluding hydrogens is 246 g/mol. The van der Waals surface area contributed by atoms with Gasteiger partial charge in [0.25, 0.3) is 0 Å². The Labute approximate surface area is 124 Å². The van der Waals surface area contributed by atoms with Crippen molar-refractivity contribution in [3.8, 4) is 0 Å². The summed E-state index contributed by atoms with van der Waals surface area (Å²) in [6.45, 7) is 4.36. The Morgan fingerprint density at radius 2 is 1.70 bits per heavy atom. The molecule has 0 spiro atoms. The van der Waals surface area contributed by atoms with Crippen molar-refractivity contribution in [2.24, 2.45) is 0 Å². The molecule has 1 aromatic rings. The lowest BCUT2D eigenvalue weighted by molar-refractivity contribution is -0.116. The number of carbonyl (C=O) groups is 1. The van der Waals surface area contributed by atoms with Gasteiger partial charge in [0.2, 0.25) is 5.91 Å². The largest absolute Gasteiger partial charge is 0.326 e. The highest BCUT2D eigenvalue weighted by atomic mass is 16.1. The highest BCUT2D eigenvalue weighted by Gasteiger charge is 2.02. The van der Waals surface area contributed by atoms with E-state index in [1.165, 1.54) is 44.1 Å². The Morgan fingerprint density at radius 3 is 2.40 bits per heavy atom. The van der Waals surface area contributed by atoms with E-state index in [2.05, 4.69) is 31.3 Å². The number of amides is 1. The van der Waals surface area contributed by atoms with E-state index in [4.69, 9.17) is 0 Å². The molecule has 0 aromatic heterocycles. The van der Waals surface area contributed by atoms with E-state index in [-0.39, 0.29) is 5.91 Å². The number of unbranched alkanes of at least 4 members (excludes halogenated alkanes) is 6. The number of nitrogens with one attached hydrogen (secondary N) is 1. The molecule has 0 radical (unpaired) electrons. The van der Waals surface area contributed by atoms with Gasteiger partial charge in [0.1, 0.15) is 0 Å². The zero-order valence-corrected chi connectivity index (χ0v) is 13.1. The Bertz CT molecular complexity index is 387. The van der Waals surface area contributed by atoms with Gasteiger partial charge in [0.15, 0.2) is 0 Å². The van der Waals surface area contributed by atoms with Gasteiger partial charge in [-0.05, 0) is 30.5 Å². The average Bonchev–Trinajstić information content (AvgIpc) is 2.46. The predicted molar refractivity (Wildman–Crippen MR) is 87.1 cm³/mol. The molecule has 2 nitrogen and oxygen atoms in total. The summed E-state index contributed by atoms with van der Waals surface area (Å²) in [4.78, 5) is 11.8. The van der Waals surface area contributed by atoms with E-state index < -0.39 is 0 Å². The summed E-state index contributed by atoms with van der Waals surface area (Å²) in [5.74, 6) is 0.145. The molecule has 0 atom stereocenters. The summed E-state index contributed by atoms with van der Waals surface area (Å²) >= 11 is 0. The lowest BCUT2D eigenvalue weighted by atomic mass is 10.1. The Hall–Kier alpha value is -1.31. The van der Waals surface area contributed by atoms with Crippen LogP contribution in [0.5, 0.6) is 0 Å². The Kier molecular flexibility index (Phi) is 8.77. The molecule has 1 N–H and O–H groups in total. The molecule has 0 unspecified atom stereocenters. The third-order valence-corrected chi connectivity index (χ3v) is 3.63. The molecule has 112 valence electrons. The summed E-state index contributed by atoms with van der Waals surface area (Å²) in [5.41, 5.74) is 2.19. The molecule has 0 heterocycles. The summed E-state index contributed by atoms with van der Waals surface area (Å²) in [6, 6.07) is 8.11. The van der Waals surface area contributed by atoms with Crippen molar-refractivity contribution in [3.63, 3.8) is 0 Å². The molecule has 0 aliphatic carbocycles. The van der Waals surface area contributed by atoms with Crippen LogP contribution < -0.4 is 5.32 Å². The number of benzene rings is 1. The van der Waals surface area contributed by atoms with Crippen LogP contribution in [-0.4, -0.2) is 5.91 Å². The van der Waals surface area contributed by atoms with Crippen LogP contribution in [-0.2, 0) is 11.2 Å². The fourth-order valence-corrected chi connectivity index (χ4v) is 2.34. The van der Waals surface area contributed by atoms with Crippen molar-refractivity contribution >= 4 is 11.6 Å². The maximum atomic E-state index is 11.8. The van der Waals surface area contributed by atoms with Crippen LogP contribution in [0.4, 0.5) is 5.69 Å². The van der Waals surface area contributed by atoms with E-state index >= 15 is 0 Å². The highest BCUT2D eigenvalue weighted by Crippen LogP contribution is 2.13. The van der Waals surface area contributed by atoms with Crippen molar-refractivity contribution < 1.29 is 4.79 Å². The maximum absolute atomic E-state index is 11.8. The van der Waals surface area contributed by atoms with Crippen LogP contribution in [0.15, 0.2) is 24.3 Å². The maximum Gasteiger partial charge on any atom is 0.224 e. The van der Waals surface area contributed by atoms with Gasteiger partial charge in [0, 0.05) is 12.1 Å². The molecule has 1 aromatic carbocycles. The standard InChI is InChI=1S/C18H29NO/c1-3-5-6-7-8-9-10-14-18(20)19-17-13-11-12-16(4-2)15-17/h11-13,15H,3-10,14H2,1-2H3,(H,19,20). The Balaban J connectivity index is 2.13. The molecule has 0 aliphatic rings. The van der Waals surface area contributed by atoms with Crippen LogP contribution in [0.2, 0.25) is 0 Å². The number of carbonyl (C=O) groups excluding carboxylic acids is 1. The monoisotopic (exact) mass is 275 g/mol. The SMILES string of the molecule is CCCCCCCCCC(=O)Nc1cccc(CC)c1. The van der Waals surface area contributed by atoms with Crippen molar-refractivity contribution in [1.29, 1.82) is 0 Å². The van der Waals surface area contributed by atoms with Crippen LogP contribution in [0.1, 0.15) is 70.8 Å². The van der Waals surface area contributed by atoms with Crippen molar-refractivity contribution in [1.82, 2.24) is 0 Å². The minimum atomic E-state index is 0.145. The molecular formula is C18H29NO. The van der Waals surface area contributed by atoms with Crippen molar-refractivity contribution in [2.45, 2.75) is 71.6 Å².